The van der Waals surface area contributed by atoms with Gasteiger partial charge >= 0.3 is 6.18 Å². The van der Waals surface area contributed by atoms with E-state index in [2.05, 4.69) is 16.4 Å². The topological polar surface area (TPSA) is 100.0 Å². The number of nitrogens with one attached hydrogen (secondary N) is 1. The van der Waals surface area contributed by atoms with E-state index in [1.807, 2.05) is 12.1 Å². The number of alkyl halides is 3. The standard InChI is InChI=1S/C31H28F4N6OS/c32-27-7-3-4-8-28(27)39-30(43)40(18-23-5-1-2-6-26(23)31(33,34)35)19-24(15-37)29(42)13-25-16-38-20-41(25)17-22-11-9-21(14-36)10-12-22/h1-12,16,20,24H,13,15,17-19,37H2,(H,39,43)/t24-/m0/s1. The molecule has 0 aliphatic carbocycles. The van der Waals surface area contributed by atoms with Crippen LogP contribution in [-0.4, -0.2) is 38.4 Å². The molecule has 1 heterocycles. The molecule has 0 aliphatic heterocycles. The summed E-state index contributed by atoms with van der Waals surface area (Å²) < 4.78 is 57.5. The molecule has 1 atom stereocenters. The molecule has 4 aromatic rings. The number of hydrogen-bond donors (Lipinski definition) is 2. The van der Waals surface area contributed by atoms with Gasteiger partial charge in [-0.1, -0.05) is 42.5 Å². The van der Waals surface area contributed by atoms with Gasteiger partial charge in [0.1, 0.15) is 11.6 Å². The first-order chi connectivity index (χ1) is 20.6. The minimum atomic E-state index is -4.61. The molecule has 0 aliphatic rings. The summed E-state index contributed by atoms with van der Waals surface area (Å²) in [5, 5.41) is 11.7. The van der Waals surface area contributed by atoms with Crippen molar-refractivity contribution < 1.29 is 22.4 Å². The number of carbonyl (C=O) groups excluding carboxylic acids is 1. The molecule has 0 fully saturated rings. The van der Waals surface area contributed by atoms with Crippen LogP contribution in [0.2, 0.25) is 0 Å². The Balaban J connectivity index is 1.55. The Morgan fingerprint density at radius 1 is 1.09 bits per heavy atom. The summed E-state index contributed by atoms with van der Waals surface area (Å²) in [4.78, 5) is 19.1. The fraction of sp³-hybridized carbons (Fsp3) is 0.226. The molecule has 3 aromatic carbocycles. The minimum Gasteiger partial charge on any atom is -0.344 e. The number of para-hydroxylation sites is 1. The fourth-order valence-corrected chi connectivity index (χ4v) is 4.78. The fourth-order valence-electron chi connectivity index (χ4n) is 4.53. The van der Waals surface area contributed by atoms with Gasteiger partial charge in [-0.15, -0.1) is 0 Å². The zero-order valence-corrected chi connectivity index (χ0v) is 23.7. The lowest BCUT2D eigenvalue weighted by atomic mass is 9.99. The van der Waals surface area contributed by atoms with Crippen LogP contribution in [0.25, 0.3) is 0 Å². The van der Waals surface area contributed by atoms with Crippen LogP contribution in [0.3, 0.4) is 0 Å². The summed E-state index contributed by atoms with van der Waals surface area (Å²) in [6.07, 6.45) is -1.49. The predicted octanol–water partition coefficient (Wildman–Crippen LogP) is 5.55. The van der Waals surface area contributed by atoms with Gasteiger partial charge in [0.2, 0.25) is 0 Å². The molecule has 0 radical (unpaired) electrons. The van der Waals surface area contributed by atoms with Crippen molar-refractivity contribution in [3.63, 3.8) is 0 Å². The van der Waals surface area contributed by atoms with Gasteiger partial charge in [-0.3, -0.25) is 4.79 Å². The SMILES string of the molecule is N#Cc1ccc(Cn2cncc2CC(=O)[C@@H](CN)CN(Cc2ccccc2C(F)(F)F)C(=S)Nc2ccccc2F)cc1. The maximum absolute atomic E-state index is 14.4. The van der Waals surface area contributed by atoms with Gasteiger partial charge in [0.25, 0.3) is 0 Å². The maximum atomic E-state index is 14.4. The normalized spacial score (nSPS) is 11.9. The number of halogens is 4. The van der Waals surface area contributed by atoms with Crippen molar-refractivity contribution in [1.82, 2.24) is 14.5 Å². The van der Waals surface area contributed by atoms with E-state index in [-0.39, 0.29) is 48.2 Å². The Morgan fingerprint density at radius 3 is 2.47 bits per heavy atom. The molecule has 222 valence electrons. The molecular formula is C31H28F4N6OS. The van der Waals surface area contributed by atoms with E-state index >= 15 is 0 Å². The predicted molar refractivity (Wildman–Crippen MR) is 158 cm³/mol. The third-order valence-electron chi connectivity index (χ3n) is 6.86. The van der Waals surface area contributed by atoms with E-state index in [0.717, 1.165) is 11.6 Å². The smallest absolute Gasteiger partial charge is 0.344 e. The number of ketones is 1. The molecule has 43 heavy (non-hydrogen) atoms. The molecule has 3 N–H and O–H groups in total. The Bertz CT molecular complexity index is 1610. The van der Waals surface area contributed by atoms with Crippen molar-refractivity contribution in [2.24, 2.45) is 11.7 Å². The van der Waals surface area contributed by atoms with Gasteiger partial charge in [-0.05, 0) is 53.7 Å². The van der Waals surface area contributed by atoms with E-state index in [1.54, 1.807) is 35.3 Å². The average molecular weight is 609 g/mol. The zero-order chi connectivity index (χ0) is 31.0. The number of aromatic nitrogens is 2. The van der Waals surface area contributed by atoms with Crippen LogP contribution in [0.4, 0.5) is 23.2 Å². The summed E-state index contributed by atoms with van der Waals surface area (Å²) in [7, 11) is 0. The molecule has 0 spiro atoms. The highest BCUT2D eigenvalue weighted by molar-refractivity contribution is 7.80. The van der Waals surface area contributed by atoms with Crippen LogP contribution in [0.15, 0.2) is 85.3 Å². The number of carbonyl (C=O) groups is 1. The van der Waals surface area contributed by atoms with E-state index in [9.17, 15) is 22.4 Å². The van der Waals surface area contributed by atoms with Gasteiger partial charge in [-0.25, -0.2) is 9.37 Å². The highest BCUT2D eigenvalue weighted by Crippen LogP contribution is 2.32. The minimum absolute atomic E-state index is 0.0291. The number of nitrogens with two attached hydrogens (primary N) is 1. The highest BCUT2D eigenvalue weighted by Gasteiger charge is 2.34. The number of imidazole rings is 1. The molecule has 0 bridgehead atoms. The van der Waals surface area contributed by atoms with Crippen LogP contribution < -0.4 is 11.1 Å². The lowest BCUT2D eigenvalue weighted by Crippen LogP contribution is -2.43. The zero-order valence-electron chi connectivity index (χ0n) is 22.9. The van der Waals surface area contributed by atoms with Crippen molar-refractivity contribution in [3.8, 4) is 6.07 Å². The molecule has 12 heteroatoms. The Labute approximate surface area is 251 Å². The summed E-state index contributed by atoms with van der Waals surface area (Å²) in [6.45, 7) is -0.0805. The Kier molecular flexibility index (Phi) is 10.2. The van der Waals surface area contributed by atoms with Gasteiger partial charge < -0.3 is 20.5 Å². The first-order valence-corrected chi connectivity index (χ1v) is 13.7. The quantitative estimate of drug-likeness (QED) is 0.170. The number of anilines is 1. The van der Waals surface area contributed by atoms with Crippen LogP contribution in [0, 0.1) is 23.1 Å². The van der Waals surface area contributed by atoms with Crippen LogP contribution in [0.5, 0.6) is 0 Å². The number of nitriles is 1. The number of benzene rings is 3. The molecule has 1 aromatic heterocycles. The third kappa shape index (κ3) is 8.24. The van der Waals surface area contributed by atoms with Gasteiger partial charge in [0.15, 0.2) is 5.11 Å². The van der Waals surface area contributed by atoms with Crippen LogP contribution >= 0.6 is 12.2 Å². The summed E-state index contributed by atoms with van der Waals surface area (Å²) in [5.41, 5.74) is 7.21. The van der Waals surface area contributed by atoms with Crippen LogP contribution in [0.1, 0.15) is 27.9 Å². The Hall–Kier alpha value is -4.60. The maximum Gasteiger partial charge on any atom is 0.416 e. The van der Waals surface area contributed by atoms with Crippen LogP contribution in [-0.2, 0) is 30.5 Å². The summed E-state index contributed by atoms with van der Waals surface area (Å²) in [6, 6.07) is 19.9. The average Bonchev–Trinajstić information content (AvgIpc) is 3.42. The molecule has 0 amide bonds. The molecule has 7 nitrogen and oxygen atoms in total. The summed E-state index contributed by atoms with van der Waals surface area (Å²) in [5.74, 6) is -1.66. The third-order valence-corrected chi connectivity index (χ3v) is 7.22. The van der Waals surface area contributed by atoms with Crippen molar-refractivity contribution in [1.29, 1.82) is 5.26 Å². The van der Waals surface area contributed by atoms with E-state index < -0.39 is 23.5 Å². The van der Waals surface area contributed by atoms with Crippen molar-refractivity contribution in [3.05, 3.63) is 119 Å². The number of hydrogen-bond acceptors (Lipinski definition) is 5. The highest BCUT2D eigenvalue weighted by atomic mass is 32.1. The van der Waals surface area contributed by atoms with Gasteiger partial charge in [0, 0.05) is 50.4 Å². The second-order valence-electron chi connectivity index (χ2n) is 9.84. The van der Waals surface area contributed by atoms with E-state index in [4.69, 9.17) is 23.2 Å². The number of nitrogens with zero attached hydrogens (tertiary/aromatic N) is 4. The first kappa shape index (κ1) is 31.3. The first-order valence-electron chi connectivity index (χ1n) is 13.3. The van der Waals surface area contributed by atoms with E-state index in [1.165, 1.54) is 41.3 Å². The van der Waals surface area contributed by atoms with Gasteiger partial charge in [0.05, 0.1) is 29.2 Å². The number of Topliss-reactive ketones (excluding diaryl/α,β-unsaturated/α-hetero) is 1. The molecule has 0 saturated heterocycles. The molecule has 4 rings (SSSR count). The Morgan fingerprint density at radius 2 is 1.79 bits per heavy atom. The van der Waals surface area contributed by atoms with E-state index in [0.29, 0.717) is 17.8 Å². The second-order valence-corrected chi connectivity index (χ2v) is 10.2. The van der Waals surface area contributed by atoms with Gasteiger partial charge in [-0.2, -0.15) is 18.4 Å². The number of thiocarbonyl (C=S) groups is 1. The molecular weight excluding hydrogens is 580 g/mol. The number of rotatable bonds is 11. The molecule has 0 unspecified atom stereocenters. The van der Waals surface area contributed by atoms with Crippen molar-refractivity contribution >= 4 is 28.8 Å². The lowest BCUT2D eigenvalue weighted by molar-refractivity contribution is -0.138. The largest absolute Gasteiger partial charge is 0.416 e. The second kappa shape index (κ2) is 14.0. The van der Waals surface area contributed by atoms with Crippen molar-refractivity contribution in [2.45, 2.75) is 25.7 Å². The monoisotopic (exact) mass is 608 g/mol. The van der Waals surface area contributed by atoms with Crippen molar-refractivity contribution in [2.75, 3.05) is 18.4 Å². The molecule has 0 saturated carbocycles. The summed E-state index contributed by atoms with van der Waals surface area (Å²) >= 11 is 5.51. The lowest BCUT2D eigenvalue weighted by Gasteiger charge is -2.30.